The number of halogens is 4. The Morgan fingerprint density at radius 1 is 1.23 bits per heavy atom. The summed E-state index contributed by atoms with van der Waals surface area (Å²) in [4.78, 5) is 17.4. The monoisotopic (exact) mass is 445 g/mol. The average Bonchev–Trinajstić information content (AvgIpc) is 3.12. The summed E-state index contributed by atoms with van der Waals surface area (Å²) >= 11 is 5.83. The van der Waals surface area contributed by atoms with Gasteiger partial charge in [-0.2, -0.15) is 13.2 Å². The molecule has 9 heteroatoms. The third-order valence-electron chi connectivity index (χ3n) is 6.62. The highest BCUT2D eigenvalue weighted by atomic mass is 35.5. The molecule has 3 fully saturated rings. The van der Waals surface area contributed by atoms with E-state index in [0.29, 0.717) is 25.2 Å². The average molecular weight is 446 g/mol. The number of amides is 1. The fourth-order valence-electron chi connectivity index (χ4n) is 5.26. The Bertz CT molecular complexity index is 789. The van der Waals surface area contributed by atoms with Crippen molar-refractivity contribution in [2.45, 2.75) is 62.5 Å². The fraction of sp³-hybridized carbons (Fsp3) is 0.667. The van der Waals surface area contributed by atoms with Crippen LogP contribution in [0.25, 0.3) is 0 Å². The standard InChI is InChI=1S/C21H27ClF3N3O2/c22-16-10-13(4-5-15(16)21(23,24)25)11-19(30)28-9-7-26-17-2-1-3-18(20(17)28)27-8-6-14(29)12-27/h4-5,10,14,17-18,20,26,29H,1-3,6-9,11-12H2. The first kappa shape index (κ1) is 21.9. The predicted molar refractivity (Wildman–Crippen MR) is 107 cm³/mol. The number of carbonyl (C=O) groups excluding carboxylic acids is 1. The zero-order valence-electron chi connectivity index (χ0n) is 16.7. The van der Waals surface area contributed by atoms with Gasteiger partial charge in [0.1, 0.15) is 0 Å². The SMILES string of the molecule is O=C(Cc1ccc(C(F)(F)F)c(Cl)c1)N1CCNC2CCCC(N3CCC(O)C3)C21. The van der Waals surface area contributed by atoms with E-state index in [1.165, 1.54) is 12.1 Å². The van der Waals surface area contributed by atoms with Gasteiger partial charge in [-0.15, -0.1) is 0 Å². The van der Waals surface area contributed by atoms with E-state index in [9.17, 15) is 23.1 Å². The maximum Gasteiger partial charge on any atom is 0.417 e. The van der Waals surface area contributed by atoms with Gasteiger partial charge in [0, 0.05) is 38.3 Å². The summed E-state index contributed by atoms with van der Waals surface area (Å²) in [7, 11) is 0. The number of nitrogens with zero attached hydrogens (tertiary/aromatic N) is 2. The summed E-state index contributed by atoms with van der Waals surface area (Å²) in [5.41, 5.74) is -0.403. The zero-order valence-corrected chi connectivity index (χ0v) is 17.4. The van der Waals surface area contributed by atoms with Crippen molar-refractivity contribution in [3.8, 4) is 0 Å². The minimum Gasteiger partial charge on any atom is -0.392 e. The molecule has 3 aliphatic rings. The van der Waals surface area contributed by atoms with Crippen molar-refractivity contribution in [2.24, 2.45) is 0 Å². The minimum atomic E-state index is -4.51. The van der Waals surface area contributed by atoms with Gasteiger partial charge in [-0.3, -0.25) is 9.69 Å². The van der Waals surface area contributed by atoms with Crippen LogP contribution in [0.2, 0.25) is 5.02 Å². The molecule has 1 amide bonds. The number of likely N-dealkylation sites (tertiary alicyclic amines) is 1. The highest BCUT2D eigenvalue weighted by molar-refractivity contribution is 6.31. The second-order valence-corrected chi connectivity index (χ2v) is 8.97. The minimum absolute atomic E-state index is 0.00946. The Balaban J connectivity index is 1.51. The van der Waals surface area contributed by atoms with E-state index in [1.807, 2.05) is 4.90 Å². The van der Waals surface area contributed by atoms with Crippen LogP contribution in [0, 0.1) is 0 Å². The van der Waals surface area contributed by atoms with E-state index < -0.39 is 11.7 Å². The summed E-state index contributed by atoms with van der Waals surface area (Å²) in [6, 6.07) is 3.93. The van der Waals surface area contributed by atoms with Crippen molar-refractivity contribution < 1.29 is 23.1 Å². The zero-order chi connectivity index (χ0) is 21.5. The normalized spacial score (nSPS) is 30.4. The van der Waals surface area contributed by atoms with Crippen LogP contribution in [0.1, 0.15) is 36.8 Å². The molecule has 1 aromatic rings. The number of hydrogen-bond donors (Lipinski definition) is 2. The van der Waals surface area contributed by atoms with Gasteiger partial charge in [-0.1, -0.05) is 24.1 Å². The van der Waals surface area contributed by atoms with Crippen LogP contribution >= 0.6 is 11.6 Å². The molecule has 2 N–H and O–H groups in total. The summed E-state index contributed by atoms with van der Waals surface area (Å²) in [6.07, 6.45) is -1.02. The molecule has 166 valence electrons. The van der Waals surface area contributed by atoms with Crippen LogP contribution in [0.4, 0.5) is 13.2 Å². The fourth-order valence-corrected chi connectivity index (χ4v) is 5.57. The van der Waals surface area contributed by atoms with Gasteiger partial charge in [0.25, 0.3) is 0 Å². The van der Waals surface area contributed by atoms with Crippen LogP contribution in [0.5, 0.6) is 0 Å². The lowest BCUT2D eigenvalue weighted by atomic mass is 9.82. The van der Waals surface area contributed by atoms with Crippen LogP contribution < -0.4 is 5.32 Å². The number of β-amino-alcohol motifs (C(OH)–C–C–N with tert-alkyl or cyclic N) is 1. The van der Waals surface area contributed by atoms with Gasteiger partial charge in [0.15, 0.2) is 0 Å². The molecule has 0 radical (unpaired) electrons. The van der Waals surface area contributed by atoms with Gasteiger partial charge in [-0.25, -0.2) is 0 Å². The second-order valence-electron chi connectivity index (χ2n) is 8.56. The Hall–Kier alpha value is -1.35. The number of hydrogen-bond acceptors (Lipinski definition) is 4. The highest BCUT2D eigenvalue weighted by Gasteiger charge is 2.45. The van der Waals surface area contributed by atoms with Gasteiger partial charge >= 0.3 is 6.18 Å². The molecule has 0 spiro atoms. The molecule has 30 heavy (non-hydrogen) atoms. The number of piperazine rings is 1. The van der Waals surface area contributed by atoms with Gasteiger partial charge in [0.05, 0.1) is 29.2 Å². The molecule has 2 aliphatic heterocycles. The number of carbonyl (C=O) groups is 1. The molecule has 0 aromatic heterocycles. The van der Waals surface area contributed by atoms with Crippen LogP contribution in [0.3, 0.4) is 0 Å². The molecule has 5 nitrogen and oxygen atoms in total. The lowest BCUT2D eigenvalue weighted by Crippen LogP contribution is -2.68. The first-order chi connectivity index (χ1) is 14.2. The van der Waals surface area contributed by atoms with Crippen molar-refractivity contribution in [2.75, 3.05) is 26.2 Å². The van der Waals surface area contributed by atoms with Crippen LogP contribution in [-0.4, -0.2) is 71.2 Å². The van der Waals surface area contributed by atoms with Gasteiger partial charge in [0.2, 0.25) is 5.91 Å². The second kappa shape index (κ2) is 8.65. The molecular formula is C21H27ClF3N3O2. The molecule has 0 bridgehead atoms. The molecule has 4 atom stereocenters. The number of benzene rings is 1. The summed E-state index contributed by atoms with van der Waals surface area (Å²) in [5.74, 6) is -0.0889. The first-order valence-corrected chi connectivity index (χ1v) is 10.9. The van der Waals surface area contributed by atoms with E-state index in [2.05, 4.69) is 10.2 Å². The molecule has 1 aromatic carbocycles. The number of fused-ring (bicyclic) bond motifs is 1. The van der Waals surface area contributed by atoms with E-state index in [0.717, 1.165) is 38.3 Å². The highest BCUT2D eigenvalue weighted by Crippen LogP contribution is 2.35. The molecule has 4 rings (SSSR count). The number of alkyl halides is 3. The van der Waals surface area contributed by atoms with Crippen LogP contribution in [-0.2, 0) is 17.4 Å². The number of aliphatic hydroxyl groups excluding tert-OH is 1. The van der Waals surface area contributed by atoms with Gasteiger partial charge in [-0.05, 0) is 37.0 Å². The molecule has 1 saturated carbocycles. The quantitative estimate of drug-likeness (QED) is 0.751. The topological polar surface area (TPSA) is 55.8 Å². The Morgan fingerprint density at radius 2 is 2.03 bits per heavy atom. The summed E-state index contributed by atoms with van der Waals surface area (Å²) < 4.78 is 38.8. The molecule has 2 saturated heterocycles. The largest absolute Gasteiger partial charge is 0.417 e. The first-order valence-electron chi connectivity index (χ1n) is 10.5. The van der Waals surface area contributed by atoms with E-state index in [1.54, 1.807) is 0 Å². The number of nitrogens with one attached hydrogen (secondary N) is 1. The Morgan fingerprint density at radius 3 is 2.70 bits per heavy atom. The van der Waals surface area contributed by atoms with E-state index >= 15 is 0 Å². The number of aliphatic hydroxyl groups is 1. The molecule has 2 heterocycles. The smallest absolute Gasteiger partial charge is 0.392 e. The van der Waals surface area contributed by atoms with Crippen molar-refractivity contribution in [3.05, 3.63) is 34.3 Å². The van der Waals surface area contributed by atoms with Crippen molar-refractivity contribution in [3.63, 3.8) is 0 Å². The third kappa shape index (κ3) is 4.47. The van der Waals surface area contributed by atoms with Gasteiger partial charge < -0.3 is 15.3 Å². The lowest BCUT2D eigenvalue weighted by Gasteiger charge is -2.51. The molecule has 1 aliphatic carbocycles. The Kier molecular flexibility index (Phi) is 6.30. The van der Waals surface area contributed by atoms with Crippen molar-refractivity contribution in [1.82, 2.24) is 15.1 Å². The van der Waals surface area contributed by atoms with E-state index in [-0.39, 0.29) is 41.6 Å². The molecular weight excluding hydrogens is 419 g/mol. The molecule has 4 unspecified atom stereocenters. The van der Waals surface area contributed by atoms with Crippen molar-refractivity contribution in [1.29, 1.82) is 0 Å². The maximum atomic E-state index is 13.2. The lowest BCUT2D eigenvalue weighted by molar-refractivity contribution is -0.138. The third-order valence-corrected chi connectivity index (χ3v) is 6.93. The Labute approximate surface area is 179 Å². The summed E-state index contributed by atoms with van der Waals surface area (Å²) in [6.45, 7) is 2.73. The maximum absolute atomic E-state index is 13.2. The van der Waals surface area contributed by atoms with Crippen LogP contribution in [0.15, 0.2) is 18.2 Å². The van der Waals surface area contributed by atoms with E-state index in [4.69, 9.17) is 11.6 Å². The number of rotatable bonds is 3. The van der Waals surface area contributed by atoms with Crippen molar-refractivity contribution >= 4 is 17.5 Å². The predicted octanol–water partition coefficient (Wildman–Crippen LogP) is 2.69. The summed E-state index contributed by atoms with van der Waals surface area (Å²) in [5, 5.41) is 13.1.